The van der Waals surface area contributed by atoms with Gasteiger partial charge in [0, 0.05) is 39.1 Å². The van der Waals surface area contributed by atoms with Gasteiger partial charge in [0.1, 0.15) is 0 Å². The third-order valence-electron chi connectivity index (χ3n) is 20.2. The van der Waals surface area contributed by atoms with Gasteiger partial charge in [-0.05, 0) is 167 Å². The summed E-state index contributed by atoms with van der Waals surface area (Å²) in [5.41, 5.74) is 0.728. The van der Waals surface area contributed by atoms with Crippen LogP contribution >= 0.6 is 23.5 Å². The molecule has 2 saturated heterocycles. The van der Waals surface area contributed by atoms with Crippen LogP contribution in [-0.2, 0) is 0 Å². The Labute approximate surface area is 329 Å². The molecule has 0 N–H and O–H groups in total. The molecule has 0 aromatic heterocycles. The summed E-state index contributed by atoms with van der Waals surface area (Å²) in [5.74, 6) is 10.8. The van der Waals surface area contributed by atoms with Crippen LogP contribution in [-0.4, -0.2) is 44.0 Å². The Balaban J connectivity index is 0.962. The fourth-order valence-corrected chi connectivity index (χ4v) is 23.6. The molecular weight excluding hydrogens is 667 g/mol. The van der Waals surface area contributed by atoms with Crippen LogP contribution in [0.3, 0.4) is 0 Å². The van der Waals surface area contributed by atoms with Gasteiger partial charge in [-0.3, -0.25) is 4.90 Å². The summed E-state index contributed by atoms with van der Waals surface area (Å²) in [6.07, 6.45) is 48.9. The predicted octanol–water partition coefficient (Wildman–Crippen LogP) is 13.7. The molecule has 1 nitrogen and oxygen atoms in total. The van der Waals surface area contributed by atoms with Crippen LogP contribution in [0.25, 0.3) is 0 Å². The molecule has 292 valence electrons. The van der Waals surface area contributed by atoms with Gasteiger partial charge < -0.3 is 0 Å². The number of rotatable bonds is 5. The summed E-state index contributed by atoms with van der Waals surface area (Å²) in [6, 6.07) is 2.77. The monoisotopic (exact) mass is 746 g/mol. The van der Waals surface area contributed by atoms with Gasteiger partial charge in [-0.1, -0.05) is 96.3 Å². The van der Waals surface area contributed by atoms with Gasteiger partial charge >= 0.3 is 0 Å². The maximum Gasteiger partial charge on any atom is 0.0237 e. The van der Waals surface area contributed by atoms with Gasteiger partial charge in [0.05, 0.1) is 0 Å². The first-order chi connectivity index (χ1) is 25.8. The van der Waals surface area contributed by atoms with Crippen LogP contribution in [0.1, 0.15) is 199 Å². The average molecular weight is 746 g/mol. The fraction of sp³-hybridized carbons (Fsp3) is 1.00. The molecule has 3 heteroatoms. The van der Waals surface area contributed by atoms with Crippen LogP contribution in [0, 0.1) is 64.6 Å². The molecule has 14 atom stereocenters. The second-order valence-electron chi connectivity index (χ2n) is 21.9. The Morgan fingerprint density at radius 2 is 0.923 bits per heavy atom. The quantitative estimate of drug-likeness (QED) is 0.276. The molecule has 11 aliphatic rings. The Hall–Kier alpha value is 0.660. The molecule has 0 bridgehead atoms. The minimum Gasteiger partial charge on any atom is -0.293 e. The number of hydrogen-bond acceptors (Lipinski definition) is 3. The van der Waals surface area contributed by atoms with E-state index in [1.807, 2.05) is 0 Å². The van der Waals surface area contributed by atoms with Gasteiger partial charge in [-0.15, -0.1) is 0 Å². The Morgan fingerprint density at radius 1 is 0.346 bits per heavy atom. The number of hydrogen-bond donors (Lipinski definition) is 0. The van der Waals surface area contributed by atoms with Crippen molar-refractivity contribution in [1.82, 2.24) is 4.90 Å². The van der Waals surface area contributed by atoms with Crippen molar-refractivity contribution in [2.24, 2.45) is 64.6 Å². The largest absolute Gasteiger partial charge is 0.293 e. The van der Waals surface area contributed by atoms with Gasteiger partial charge in [-0.2, -0.15) is 23.5 Å². The first-order valence-corrected chi connectivity index (χ1v) is 26.8. The Bertz CT molecular complexity index is 1200. The van der Waals surface area contributed by atoms with E-state index in [0.29, 0.717) is 0 Å². The summed E-state index contributed by atoms with van der Waals surface area (Å²) < 4.78 is 0. The van der Waals surface area contributed by atoms with Crippen LogP contribution < -0.4 is 0 Å². The molecule has 0 aromatic carbocycles. The van der Waals surface area contributed by atoms with E-state index in [-0.39, 0.29) is 0 Å². The SMILES string of the molecule is C1CCC(N(C2CCCC3C4CCC5SC6CCCCC6C5C4SC32)C2CCCC3C2C2CCCCC2C3(C2CCCCC2)C2CCCCC2)CC1. The fourth-order valence-electron chi connectivity index (χ4n) is 19.0. The molecule has 9 aliphatic carbocycles. The van der Waals surface area contributed by atoms with Crippen molar-refractivity contribution >= 4 is 23.5 Å². The predicted molar refractivity (Wildman–Crippen MR) is 224 cm³/mol. The minimum absolute atomic E-state index is 0.728. The lowest BCUT2D eigenvalue weighted by molar-refractivity contribution is -0.0880. The molecule has 2 heterocycles. The molecule has 0 spiro atoms. The summed E-state index contributed by atoms with van der Waals surface area (Å²) in [6.45, 7) is 0. The summed E-state index contributed by atoms with van der Waals surface area (Å²) in [7, 11) is 0. The molecule has 9 saturated carbocycles. The Morgan fingerprint density at radius 3 is 1.69 bits per heavy atom. The zero-order valence-corrected chi connectivity index (χ0v) is 35.1. The van der Waals surface area contributed by atoms with E-state index < -0.39 is 0 Å². The smallest absolute Gasteiger partial charge is 0.0237 e. The maximum absolute atomic E-state index is 3.59. The first-order valence-electron chi connectivity index (χ1n) is 24.9. The molecule has 14 unspecified atom stereocenters. The highest BCUT2D eigenvalue weighted by atomic mass is 32.2. The second kappa shape index (κ2) is 15.1. The summed E-state index contributed by atoms with van der Waals surface area (Å²) in [4.78, 5) is 3.59. The van der Waals surface area contributed by atoms with Crippen molar-refractivity contribution in [2.75, 3.05) is 0 Å². The minimum atomic E-state index is 0.728. The van der Waals surface area contributed by atoms with Crippen LogP contribution in [0.2, 0.25) is 0 Å². The highest BCUT2D eigenvalue weighted by Crippen LogP contribution is 2.73. The van der Waals surface area contributed by atoms with E-state index in [2.05, 4.69) is 28.4 Å². The van der Waals surface area contributed by atoms with E-state index in [4.69, 9.17) is 0 Å². The van der Waals surface area contributed by atoms with E-state index in [1.165, 1.54) is 25.7 Å². The van der Waals surface area contributed by atoms with Gasteiger partial charge in [0.2, 0.25) is 0 Å². The highest BCUT2D eigenvalue weighted by molar-refractivity contribution is 8.02. The van der Waals surface area contributed by atoms with Gasteiger partial charge in [0.15, 0.2) is 0 Å². The number of thioether (sulfide) groups is 2. The third-order valence-corrected chi connectivity index (χ3v) is 24.0. The molecular formula is C49H79NS2. The van der Waals surface area contributed by atoms with Crippen LogP contribution in [0.15, 0.2) is 0 Å². The van der Waals surface area contributed by atoms with Crippen molar-refractivity contribution in [3.63, 3.8) is 0 Å². The summed E-state index contributed by atoms with van der Waals surface area (Å²) in [5, 5.41) is 4.08. The molecule has 11 fully saturated rings. The van der Waals surface area contributed by atoms with Crippen molar-refractivity contribution in [1.29, 1.82) is 0 Å². The van der Waals surface area contributed by atoms with Gasteiger partial charge in [-0.25, -0.2) is 0 Å². The normalized spacial score (nSPS) is 49.8. The molecule has 0 amide bonds. The second-order valence-corrected chi connectivity index (χ2v) is 24.7. The lowest BCUT2D eigenvalue weighted by Crippen LogP contribution is -2.60. The Kier molecular flexibility index (Phi) is 10.4. The zero-order chi connectivity index (χ0) is 34.2. The van der Waals surface area contributed by atoms with E-state index in [0.717, 1.165) is 104 Å². The highest BCUT2D eigenvalue weighted by Gasteiger charge is 2.68. The van der Waals surface area contributed by atoms with Crippen LogP contribution in [0.5, 0.6) is 0 Å². The van der Waals surface area contributed by atoms with Crippen molar-refractivity contribution < 1.29 is 0 Å². The topological polar surface area (TPSA) is 3.24 Å². The van der Waals surface area contributed by atoms with Crippen LogP contribution in [0.4, 0.5) is 0 Å². The molecule has 0 radical (unpaired) electrons. The van der Waals surface area contributed by atoms with Crippen molar-refractivity contribution in [2.45, 2.75) is 238 Å². The first kappa shape index (κ1) is 35.8. The standard InChI is InChI=1S/C49H79NS2/c1-4-16-32(17-5-1)49(33-18-6-2-7-19-33)39-25-12-10-22-37(39)45-40(49)26-15-27-41(45)50(34-20-8-3-9-21-34)42-28-14-24-35-36-30-31-44-46(48(36)52-47(35)42)38-23-11-13-29-43(38)51-44/h32-48H,1-31H2. The molecule has 11 rings (SSSR count). The van der Waals surface area contributed by atoms with E-state index >= 15 is 0 Å². The van der Waals surface area contributed by atoms with Crippen molar-refractivity contribution in [3.8, 4) is 0 Å². The van der Waals surface area contributed by atoms with E-state index in [1.54, 1.807) is 173 Å². The summed E-state index contributed by atoms with van der Waals surface area (Å²) >= 11 is 5.25. The van der Waals surface area contributed by atoms with Gasteiger partial charge in [0.25, 0.3) is 0 Å². The number of nitrogens with zero attached hydrogens (tertiary/aromatic N) is 1. The molecule has 52 heavy (non-hydrogen) atoms. The third kappa shape index (κ3) is 5.73. The maximum atomic E-state index is 3.59. The van der Waals surface area contributed by atoms with E-state index in [9.17, 15) is 0 Å². The lowest BCUT2D eigenvalue weighted by Gasteiger charge is -2.58. The zero-order valence-electron chi connectivity index (χ0n) is 33.5. The molecule has 2 aliphatic heterocycles. The lowest BCUT2D eigenvalue weighted by atomic mass is 9.48. The van der Waals surface area contributed by atoms with Crippen molar-refractivity contribution in [3.05, 3.63) is 0 Å². The number of fused-ring (bicyclic) bond motifs is 10. The molecule has 0 aromatic rings. The average Bonchev–Trinajstić information content (AvgIpc) is 3.88.